The van der Waals surface area contributed by atoms with E-state index in [0.29, 0.717) is 11.3 Å². The summed E-state index contributed by atoms with van der Waals surface area (Å²) in [6.45, 7) is 9.67. The maximum Gasteiger partial charge on any atom is 0.191 e. The molecule has 3 heteroatoms. The van der Waals surface area contributed by atoms with E-state index < -0.39 is 0 Å². The van der Waals surface area contributed by atoms with Crippen molar-refractivity contribution >= 4 is 0 Å². The van der Waals surface area contributed by atoms with E-state index in [4.69, 9.17) is 4.42 Å². The number of benzene rings is 1. The predicted octanol–water partition coefficient (Wildman–Crippen LogP) is 3.61. The van der Waals surface area contributed by atoms with E-state index in [9.17, 15) is 0 Å². The van der Waals surface area contributed by atoms with Gasteiger partial charge in [0, 0.05) is 32.5 Å². The van der Waals surface area contributed by atoms with Crippen LogP contribution in [0.15, 0.2) is 41.0 Å². The first-order valence-electron chi connectivity index (χ1n) is 7.23. The monoisotopic (exact) mass is 270 g/mol. The van der Waals surface area contributed by atoms with Gasteiger partial charge in [-0.05, 0) is 11.0 Å². The van der Waals surface area contributed by atoms with Crippen molar-refractivity contribution in [2.24, 2.45) is 5.41 Å². The van der Waals surface area contributed by atoms with Gasteiger partial charge in [0.1, 0.15) is 6.26 Å². The quantitative estimate of drug-likeness (QED) is 0.853. The van der Waals surface area contributed by atoms with E-state index in [1.54, 1.807) is 6.26 Å². The first-order valence-corrected chi connectivity index (χ1v) is 7.23. The highest BCUT2D eigenvalue weighted by atomic mass is 16.3. The lowest BCUT2D eigenvalue weighted by Crippen LogP contribution is -2.23. The molecule has 0 amide bonds. The minimum absolute atomic E-state index is 0.292. The van der Waals surface area contributed by atoms with Crippen LogP contribution in [0.3, 0.4) is 0 Å². The second-order valence-electron chi connectivity index (χ2n) is 6.48. The van der Waals surface area contributed by atoms with Gasteiger partial charge in [-0.15, -0.1) is 0 Å². The number of aryl methyl sites for hydroxylation is 1. The van der Waals surface area contributed by atoms with Crippen molar-refractivity contribution in [1.82, 2.24) is 9.88 Å². The summed E-state index contributed by atoms with van der Waals surface area (Å²) in [4.78, 5) is 6.89. The number of aromatic nitrogens is 1. The molecule has 1 aromatic carbocycles. The third-order valence-electron chi connectivity index (χ3n) is 4.27. The smallest absolute Gasteiger partial charge is 0.191 e. The summed E-state index contributed by atoms with van der Waals surface area (Å²) in [5.74, 6) is 1.33. The average Bonchev–Trinajstić information content (AvgIpc) is 2.94. The third-order valence-corrected chi connectivity index (χ3v) is 4.27. The van der Waals surface area contributed by atoms with E-state index in [2.05, 4.69) is 54.1 Å². The molecule has 0 aliphatic carbocycles. The Kier molecular flexibility index (Phi) is 3.38. The Balaban J connectivity index is 1.75. The van der Waals surface area contributed by atoms with E-state index in [-0.39, 0.29) is 0 Å². The minimum atomic E-state index is 0.292. The fraction of sp³-hybridized carbons (Fsp3) is 0.471. The van der Waals surface area contributed by atoms with Crippen molar-refractivity contribution in [3.8, 4) is 0 Å². The van der Waals surface area contributed by atoms with Gasteiger partial charge in [-0.3, -0.25) is 4.90 Å². The van der Waals surface area contributed by atoms with Gasteiger partial charge in [0.2, 0.25) is 0 Å². The maximum atomic E-state index is 5.30. The standard InChI is InChI=1S/C17H22N2O/c1-13-18-15(11-20-13)9-19-10-16(17(2,3)12-19)14-7-5-4-6-8-14/h4-8,11,16H,9-10,12H2,1-3H3/t16-/m0/s1. The molecule has 0 N–H and O–H groups in total. The summed E-state index contributed by atoms with van der Waals surface area (Å²) in [6, 6.07) is 10.8. The molecule has 1 saturated heterocycles. The van der Waals surface area contributed by atoms with Crippen LogP contribution in [0.1, 0.15) is 36.9 Å². The van der Waals surface area contributed by atoms with Crippen LogP contribution in [-0.2, 0) is 6.54 Å². The number of nitrogens with zero attached hydrogens (tertiary/aromatic N) is 2. The van der Waals surface area contributed by atoms with E-state index in [1.807, 2.05) is 6.92 Å². The minimum Gasteiger partial charge on any atom is -0.449 e. The Labute approximate surface area is 120 Å². The zero-order valence-electron chi connectivity index (χ0n) is 12.5. The molecule has 20 heavy (non-hydrogen) atoms. The van der Waals surface area contributed by atoms with Crippen molar-refractivity contribution in [1.29, 1.82) is 0 Å². The van der Waals surface area contributed by atoms with Crippen molar-refractivity contribution in [3.05, 3.63) is 53.7 Å². The molecular formula is C17H22N2O. The van der Waals surface area contributed by atoms with Gasteiger partial charge in [-0.1, -0.05) is 44.2 Å². The Bertz CT molecular complexity index is 574. The van der Waals surface area contributed by atoms with E-state index >= 15 is 0 Å². The summed E-state index contributed by atoms with van der Waals surface area (Å²) in [6.07, 6.45) is 1.78. The van der Waals surface area contributed by atoms with Gasteiger partial charge in [0.15, 0.2) is 5.89 Å². The molecule has 3 nitrogen and oxygen atoms in total. The largest absolute Gasteiger partial charge is 0.449 e. The van der Waals surface area contributed by atoms with Gasteiger partial charge in [0.25, 0.3) is 0 Å². The summed E-state index contributed by atoms with van der Waals surface area (Å²) in [5, 5.41) is 0. The van der Waals surface area contributed by atoms with Crippen LogP contribution < -0.4 is 0 Å². The number of rotatable bonds is 3. The highest BCUT2D eigenvalue weighted by molar-refractivity contribution is 5.24. The molecule has 0 bridgehead atoms. The zero-order chi connectivity index (χ0) is 14.2. The molecule has 0 spiro atoms. The molecule has 0 saturated carbocycles. The molecular weight excluding hydrogens is 248 g/mol. The lowest BCUT2D eigenvalue weighted by Gasteiger charge is -2.26. The summed E-state index contributed by atoms with van der Waals surface area (Å²) < 4.78 is 5.30. The predicted molar refractivity (Wildman–Crippen MR) is 79.5 cm³/mol. The van der Waals surface area contributed by atoms with Crippen molar-refractivity contribution < 1.29 is 4.42 Å². The van der Waals surface area contributed by atoms with E-state index in [0.717, 1.165) is 31.2 Å². The summed E-state index contributed by atoms with van der Waals surface area (Å²) >= 11 is 0. The third kappa shape index (κ3) is 2.63. The first kappa shape index (κ1) is 13.4. The number of hydrogen-bond donors (Lipinski definition) is 0. The number of likely N-dealkylation sites (tertiary alicyclic amines) is 1. The number of oxazole rings is 1. The molecule has 0 radical (unpaired) electrons. The van der Waals surface area contributed by atoms with Gasteiger partial charge in [-0.2, -0.15) is 0 Å². The van der Waals surface area contributed by atoms with Crippen molar-refractivity contribution in [2.75, 3.05) is 13.1 Å². The molecule has 1 aromatic heterocycles. The van der Waals surface area contributed by atoms with Crippen LogP contribution in [0.25, 0.3) is 0 Å². The SMILES string of the molecule is Cc1nc(CN2C[C@@H](c3ccccc3)C(C)(C)C2)co1. The van der Waals surface area contributed by atoms with Crippen molar-refractivity contribution in [3.63, 3.8) is 0 Å². The van der Waals surface area contributed by atoms with Crippen molar-refractivity contribution in [2.45, 2.75) is 33.2 Å². The summed E-state index contributed by atoms with van der Waals surface area (Å²) in [7, 11) is 0. The Morgan fingerprint density at radius 2 is 2.05 bits per heavy atom. The highest BCUT2D eigenvalue weighted by Crippen LogP contribution is 2.42. The lowest BCUT2D eigenvalue weighted by atomic mass is 9.78. The zero-order valence-corrected chi connectivity index (χ0v) is 12.5. The molecule has 106 valence electrons. The van der Waals surface area contributed by atoms with Gasteiger partial charge < -0.3 is 4.42 Å². The molecule has 3 rings (SSSR count). The fourth-order valence-electron chi connectivity index (χ4n) is 3.33. The Hall–Kier alpha value is -1.61. The van der Waals surface area contributed by atoms with Crippen LogP contribution in [0.2, 0.25) is 0 Å². The molecule has 2 aromatic rings. The molecule has 2 heterocycles. The maximum absolute atomic E-state index is 5.30. The van der Waals surface area contributed by atoms with Crippen LogP contribution in [0, 0.1) is 12.3 Å². The second kappa shape index (κ2) is 5.06. The van der Waals surface area contributed by atoms with Gasteiger partial charge in [0.05, 0.1) is 5.69 Å². The van der Waals surface area contributed by atoms with Gasteiger partial charge in [-0.25, -0.2) is 4.98 Å². The first-order chi connectivity index (χ1) is 9.54. The molecule has 1 fully saturated rings. The van der Waals surface area contributed by atoms with Crippen LogP contribution in [-0.4, -0.2) is 23.0 Å². The molecule has 1 atom stereocenters. The van der Waals surface area contributed by atoms with E-state index in [1.165, 1.54) is 5.56 Å². The van der Waals surface area contributed by atoms with Crippen LogP contribution >= 0.6 is 0 Å². The normalized spacial score (nSPS) is 22.2. The topological polar surface area (TPSA) is 29.3 Å². The Morgan fingerprint density at radius 3 is 2.70 bits per heavy atom. The summed E-state index contributed by atoms with van der Waals surface area (Å²) in [5.41, 5.74) is 2.77. The lowest BCUT2D eigenvalue weighted by molar-refractivity contribution is 0.279. The number of hydrogen-bond acceptors (Lipinski definition) is 3. The molecule has 0 unspecified atom stereocenters. The average molecular weight is 270 g/mol. The highest BCUT2D eigenvalue weighted by Gasteiger charge is 2.40. The second-order valence-corrected chi connectivity index (χ2v) is 6.48. The van der Waals surface area contributed by atoms with Crippen LogP contribution in [0.4, 0.5) is 0 Å². The Morgan fingerprint density at radius 1 is 1.30 bits per heavy atom. The van der Waals surface area contributed by atoms with Crippen LogP contribution in [0.5, 0.6) is 0 Å². The fourth-order valence-corrected chi connectivity index (χ4v) is 3.33. The van der Waals surface area contributed by atoms with Gasteiger partial charge >= 0.3 is 0 Å². The molecule has 1 aliphatic heterocycles. The molecule has 1 aliphatic rings.